The number of likely N-dealkylation sites (N-methyl/N-ethyl adjacent to an activating group) is 1. The Labute approximate surface area is 303 Å². The van der Waals surface area contributed by atoms with E-state index in [1.165, 1.54) is 83.5 Å². The Bertz CT molecular complexity index is 860. The Morgan fingerprint density at radius 1 is 0.694 bits per heavy atom. The Morgan fingerprint density at radius 2 is 1.18 bits per heavy atom. The molecule has 0 saturated carbocycles. The summed E-state index contributed by atoms with van der Waals surface area (Å²) in [4.78, 5) is 23.0. The third-order valence-corrected chi connectivity index (χ3v) is 9.94. The summed E-state index contributed by atoms with van der Waals surface area (Å²) in [5.74, 6) is -0.160. The highest BCUT2D eigenvalue weighted by Gasteiger charge is 2.28. The molecule has 9 heteroatoms. The van der Waals surface area contributed by atoms with Gasteiger partial charge in [0.05, 0.1) is 39.9 Å². The van der Waals surface area contributed by atoms with Gasteiger partial charge in [-0.2, -0.15) is 0 Å². The second kappa shape index (κ2) is 32.9. The highest BCUT2D eigenvalue weighted by Crippen LogP contribution is 2.43. The molecule has 0 aromatic rings. The van der Waals surface area contributed by atoms with E-state index in [0.717, 1.165) is 64.2 Å². The summed E-state index contributed by atoms with van der Waals surface area (Å²) in [5, 5.41) is 13.9. The zero-order chi connectivity index (χ0) is 36.5. The van der Waals surface area contributed by atoms with Gasteiger partial charge in [0.15, 0.2) is 0 Å². The Kier molecular flexibility index (Phi) is 32.2. The normalized spacial score (nSPS) is 14.8. The summed E-state index contributed by atoms with van der Waals surface area (Å²) in [6.45, 7) is 4.82. The average Bonchev–Trinajstić information content (AvgIpc) is 3.04. The van der Waals surface area contributed by atoms with Gasteiger partial charge in [-0.3, -0.25) is 13.8 Å². The number of phosphoric acid groups is 1. The molecule has 0 aliphatic carbocycles. The van der Waals surface area contributed by atoms with E-state index in [0.29, 0.717) is 23.9 Å². The molecule has 49 heavy (non-hydrogen) atoms. The lowest BCUT2D eigenvalue weighted by atomic mass is 10.0. The lowest BCUT2D eigenvalue weighted by molar-refractivity contribution is -0.870. The number of hydrogen-bond donors (Lipinski definition) is 3. The number of nitrogens with zero attached hydrogens (tertiary/aromatic N) is 1. The molecule has 0 heterocycles. The molecule has 0 aliphatic rings. The van der Waals surface area contributed by atoms with Crippen LogP contribution >= 0.6 is 7.82 Å². The molecule has 0 spiro atoms. The number of hydrogen-bond acceptors (Lipinski definition) is 5. The maximum atomic E-state index is 12.8. The van der Waals surface area contributed by atoms with Crippen LogP contribution in [0.25, 0.3) is 0 Å². The summed E-state index contributed by atoms with van der Waals surface area (Å²) in [5.41, 5.74) is 0. The van der Waals surface area contributed by atoms with E-state index < -0.39 is 20.0 Å². The van der Waals surface area contributed by atoms with Crippen LogP contribution in [0.1, 0.15) is 174 Å². The van der Waals surface area contributed by atoms with Crippen molar-refractivity contribution in [2.24, 2.45) is 0 Å². The number of carbonyl (C=O) groups is 1. The predicted molar refractivity (Wildman–Crippen MR) is 208 cm³/mol. The van der Waals surface area contributed by atoms with Gasteiger partial charge in [0, 0.05) is 6.42 Å². The third-order valence-electron chi connectivity index (χ3n) is 8.95. The number of rotatable bonds is 36. The van der Waals surface area contributed by atoms with Crippen LogP contribution < -0.4 is 5.32 Å². The lowest BCUT2D eigenvalue weighted by Gasteiger charge is -2.26. The molecule has 0 rings (SSSR count). The second-order valence-electron chi connectivity index (χ2n) is 15.0. The van der Waals surface area contributed by atoms with E-state index >= 15 is 0 Å². The van der Waals surface area contributed by atoms with Crippen LogP contribution in [0.5, 0.6) is 0 Å². The number of phosphoric ester groups is 1. The molecule has 3 atom stereocenters. The van der Waals surface area contributed by atoms with Crippen LogP contribution in [0.15, 0.2) is 24.3 Å². The summed E-state index contributed by atoms with van der Waals surface area (Å²) in [7, 11) is 1.60. The van der Waals surface area contributed by atoms with Gasteiger partial charge in [-0.15, -0.1) is 0 Å². The van der Waals surface area contributed by atoms with Crippen LogP contribution in [0.3, 0.4) is 0 Å². The van der Waals surface area contributed by atoms with E-state index in [9.17, 15) is 19.4 Å². The summed E-state index contributed by atoms with van der Waals surface area (Å²) >= 11 is 0. The van der Waals surface area contributed by atoms with Gasteiger partial charge in [-0.25, -0.2) is 4.57 Å². The largest absolute Gasteiger partial charge is 0.472 e. The fraction of sp³-hybridized carbons (Fsp3) is 0.875. The highest BCUT2D eigenvalue weighted by atomic mass is 31.2. The van der Waals surface area contributed by atoms with E-state index in [2.05, 4.69) is 43.5 Å². The molecule has 0 radical (unpaired) electrons. The maximum Gasteiger partial charge on any atom is 0.472 e. The first-order valence-electron chi connectivity index (χ1n) is 20.2. The zero-order valence-electron chi connectivity index (χ0n) is 32.7. The number of aliphatic hydroxyl groups is 1. The molecule has 8 nitrogen and oxygen atoms in total. The smallest absolute Gasteiger partial charge is 0.391 e. The second-order valence-corrected chi connectivity index (χ2v) is 16.5. The molecule has 0 aromatic heterocycles. The SMILES string of the molecule is CCCC/C=C\C/C=C\CCCCCCCC(=O)NC(COP(=O)(O)OCC[N+](C)(C)C)C(O)CCCCCCCCCCCCCCC. The molecule has 0 aliphatic heterocycles. The Balaban J connectivity index is 4.46. The Hall–Kier alpha value is -1.02. The summed E-state index contributed by atoms with van der Waals surface area (Å²) in [6, 6.07) is -0.763. The van der Waals surface area contributed by atoms with Gasteiger partial charge in [-0.1, -0.05) is 154 Å². The molecular weight excluding hydrogens is 635 g/mol. The molecule has 0 fully saturated rings. The van der Waals surface area contributed by atoms with Crippen molar-refractivity contribution in [3.63, 3.8) is 0 Å². The summed E-state index contributed by atoms with van der Waals surface area (Å²) in [6.07, 6.45) is 36.2. The number of aliphatic hydroxyl groups excluding tert-OH is 1. The minimum atomic E-state index is -4.31. The van der Waals surface area contributed by atoms with E-state index in [1.54, 1.807) is 0 Å². The van der Waals surface area contributed by atoms with E-state index in [1.807, 2.05) is 21.1 Å². The van der Waals surface area contributed by atoms with Crippen molar-refractivity contribution < 1.29 is 32.9 Å². The summed E-state index contributed by atoms with van der Waals surface area (Å²) < 4.78 is 23.5. The van der Waals surface area contributed by atoms with Gasteiger partial charge in [0.2, 0.25) is 5.91 Å². The fourth-order valence-corrected chi connectivity index (χ4v) is 6.38. The minimum Gasteiger partial charge on any atom is -0.391 e. The third kappa shape index (κ3) is 35.2. The first-order valence-corrected chi connectivity index (χ1v) is 21.7. The van der Waals surface area contributed by atoms with Crippen molar-refractivity contribution in [2.75, 3.05) is 40.9 Å². The van der Waals surface area contributed by atoms with Crippen molar-refractivity contribution in [2.45, 2.75) is 187 Å². The monoisotopic (exact) mass is 716 g/mol. The van der Waals surface area contributed by atoms with Crippen LogP contribution in [0.4, 0.5) is 0 Å². The van der Waals surface area contributed by atoms with E-state index in [4.69, 9.17) is 9.05 Å². The highest BCUT2D eigenvalue weighted by molar-refractivity contribution is 7.47. The number of amides is 1. The van der Waals surface area contributed by atoms with E-state index in [-0.39, 0.29) is 19.1 Å². The van der Waals surface area contributed by atoms with Gasteiger partial charge in [0.25, 0.3) is 0 Å². The molecule has 0 aromatic carbocycles. The van der Waals surface area contributed by atoms with Crippen molar-refractivity contribution in [3.05, 3.63) is 24.3 Å². The van der Waals surface area contributed by atoms with Gasteiger partial charge < -0.3 is 19.8 Å². The first kappa shape index (κ1) is 48.0. The number of quaternary nitrogens is 1. The maximum absolute atomic E-state index is 12.8. The number of nitrogens with one attached hydrogen (secondary N) is 1. The van der Waals surface area contributed by atoms with Crippen molar-refractivity contribution in [1.82, 2.24) is 5.32 Å². The van der Waals surface area contributed by atoms with Gasteiger partial charge in [-0.05, 0) is 38.5 Å². The van der Waals surface area contributed by atoms with Crippen molar-refractivity contribution >= 4 is 13.7 Å². The molecule has 0 saturated heterocycles. The van der Waals surface area contributed by atoms with Gasteiger partial charge in [0.1, 0.15) is 13.2 Å². The molecule has 3 unspecified atom stereocenters. The van der Waals surface area contributed by atoms with Crippen LogP contribution in [0.2, 0.25) is 0 Å². The van der Waals surface area contributed by atoms with Crippen molar-refractivity contribution in [3.8, 4) is 0 Å². The molecule has 1 amide bonds. The first-order chi connectivity index (χ1) is 23.5. The zero-order valence-corrected chi connectivity index (χ0v) is 33.6. The lowest BCUT2D eigenvalue weighted by Crippen LogP contribution is -2.46. The van der Waals surface area contributed by atoms with Crippen molar-refractivity contribution in [1.29, 1.82) is 0 Å². The number of allylic oxidation sites excluding steroid dienone is 4. The molecular formula is C40H80N2O6P+. The van der Waals surface area contributed by atoms with Crippen LogP contribution in [-0.2, 0) is 18.4 Å². The van der Waals surface area contributed by atoms with Crippen LogP contribution in [0, 0.1) is 0 Å². The standard InChI is InChI=1S/C40H79N2O6P/c1-6-8-10-12-14-16-18-20-22-24-26-28-30-32-34-40(44)41-38(37-48-49(45,46)47-36-35-42(3,4)5)39(43)33-31-29-27-25-23-21-19-17-15-13-11-9-7-2/h12,14,18,20,38-39,43H,6-11,13,15-17,19,21-37H2,1-5H3,(H-,41,44,45,46)/p+1/b14-12-,20-18-. The molecule has 3 N–H and O–H groups in total. The molecule has 290 valence electrons. The molecule has 0 bridgehead atoms. The van der Waals surface area contributed by atoms with Gasteiger partial charge >= 0.3 is 7.82 Å². The number of carbonyl (C=O) groups excluding carboxylic acids is 1. The quantitative estimate of drug-likeness (QED) is 0.0258. The fourth-order valence-electron chi connectivity index (χ4n) is 5.65. The van der Waals surface area contributed by atoms with Crippen LogP contribution in [-0.4, -0.2) is 73.4 Å². The Morgan fingerprint density at radius 3 is 1.73 bits per heavy atom. The number of unbranched alkanes of at least 4 members (excludes halogenated alkanes) is 19. The average molecular weight is 716 g/mol. The topological polar surface area (TPSA) is 105 Å². The minimum absolute atomic E-state index is 0.0720. The predicted octanol–water partition coefficient (Wildman–Crippen LogP) is 10.6.